The molecular formula is C20H22Cl2N2O. The van der Waals surface area contributed by atoms with Crippen molar-refractivity contribution < 1.29 is 4.79 Å². The zero-order chi connectivity index (χ0) is 17.6. The van der Waals surface area contributed by atoms with Crippen molar-refractivity contribution in [3.8, 4) is 0 Å². The molecule has 0 radical (unpaired) electrons. The van der Waals surface area contributed by atoms with Crippen molar-refractivity contribution in [2.45, 2.75) is 25.9 Å². The Morgan fingerprint density at radius 2 is 1.80 bits per heavy atom. The summed E-state index contributed by atoms with van der Waals surface area (Å²) >= 11 is 12.0. The van der Waals surface area contributed by atoms with Crippen LogP contribution in [0.2, 0.25) is 10.0 Å². The fourth-order valence-corrected chi connectivity index (χ4v) is 3.66. The van der Waals surface area contributed by atoms with Crippen LogP contribution in [0.1, 0.15) is 24.0 Å². The van der Waals surface area contributed by atoms with Crippen molar-refractivity contribution in [2.75, 3.05) is 13.1 Å². The molecule has 1 aliphatic rings. The Kier molecular flexibility index (Phi) is 6.35. The van der Waals surface area contributed by atoms with Crippen molar-refractivity contribution in [2.24, 2.45) is 5.92 Å². The van der Waals surface area contributed by atoms with Gasteiger partial charge in [0, 0.05) is 29.1 Å². The average molecular weight is 377 g/mol. The predicted molar refractivity (Wildman–Crippen MR) is 103 cm³/mol. The van der Waals surface area contributed by atoms with Crippen molar-refractivity contribution in [3.05, 3.63) is 69.7 Å². The molecule has 1 N–H and O–H groups in total. The zero-order valence-electron chi connectivity index (χ0n) is 14.1. The van der Waals surface area contributed by atoms with Crippen LogP contribution in [-0.2, 0) is 17.9 Å². The Labute approximate surface area is 158 Å². The molecule has 0 spiro atoms. The van der Waals surface area contributed by atoms with E-state index in [0.29, 0.717) is 16.6 Å². The Morgan fingerprint density at radius 3 is 2.48 bits per heavy atom. The monoisotopic (exact) mass is 376 g/mol. The number of benzene rings is 2. The van der Waals surface area contributed by atoms with Crippen molar-refractivity contribution in [1.82, 2.24) is 10.2 Å². The van der Waals surface area contributed by atoms with E-state index in [1.807, 2.05) is 12.1 Å². The second kappa shape index (κ2) is 8.70. The number of nitrogens with zero attached hydrogens (tertiary/aromatic N) is 1. The third-order valence-corrected chi connectivity index (χ3v) is 5.26. The van der Waals surface area contributed by atoms with E-state index in [1.54, 1.807) is 12.1 Å². The van der Waals surface area contributed by atoms with E-state index in [9.17, 15) is 4.79 Å². The molecule has 0 aromatic heterocycles. The molecule has 1 heterocycles. The fourth-order valence-electron chi connectivity index (χ4n) is 3.19. The Balaban J connectivity index is 1.45. The summed E-state index contributed by atoms with van der Waals surface area (Å²) < 4.78 is 0. The van der Waals surface area contributed by atoms with E-state index >= 15 is 0 Å². The summed E-state index contributed by atoms with van der Waals surface area (Å²) in [6.07, 6.45) is 1.79. The molecule has 0 atom stereocenters. The van der Waals surface area contributed by atoms with Gasteiger partial charge < -0.3 is 5.32 Å². The van der Waals surface area contributed by atoms with E-state index in [0.717, 1.165) is 38.0 Å². The molecule has 5 heteroatoms. The molecule has 1 amide bonds. The number of piperidine rings is 1. The van der Waals surface area contributed by atoms with E-state index in [4.69, 9.17) is 23.2 Å². The maximum absolute atomic E-state index is 12.4. The highest BCUT2D eigenvalue weighted by molar-refractivity contribution is 6.35. The maximum Gasteiger partial charge on any atom is 0.223 e. The second-order valence-electron chi connectivity index (χ2n) is 6.49. The van der Waals surface area contributed by atoms with E-state index in [1.165, 1.54) is 5.56 Å². The molecule has 0 unspecified atom stereocenters. The van der Waals surface area contributed by atoms with Crippen LogP contribution in [-0.4, -0.2) is 23.9 Å². The number of carbonyl (C=O) groups excluding carboxylic acids is 1. The Bertz CT molecular complexity index is 713. The first-order valence-corrected chi connectivity index (χ1v) is 9.35. The van der Waals surface area contributed by atoms with Crippen molar-refractivity contribution >= 4 is 29.1 Å². The third-order valence-electron chi connectivity index (χ3n) is 4.68. The molecule has 1 saturated heterocycles. The van der Waals surface area contributed by atoms with Crippen LogP contribution in [0.4, 0.5) is 0 Å². The summed E-state index contributed by atoms with van der Waals surface area (Å²) in [6.45, 7) is 3.30. The summed E-state index contributed by atoms with van der Waals surface area (Å²) in [5.41, 5.74) is 2.21. The lowest BCUT2D eigenvalue weighted by molar-refractivity contribution is -0.126. The van der Waals surface area contributed by atoms with Gasteiger partial charge in [-0.1, -0.05) is 59.6 Å². The number of halogens is 2. The van der Waals surface area contributed by atoms with Crippen LogP contribution in [0.3, 0.4) is 0 Å². The number of likely N-dealkylation sites (tertiary alicyclic amines) is 1. The highest BCUT2D eigenvalue weighted by atomic mass is 35.5. The number of amides is 1. The maximum atomic E-state index is 12.4. The van der Waals surface area contributed by atoms with Crippen LogP contribution in [0.25, 0.3) is 0 Å². The highest BCUT2D eigenvalue weighted by Crippen LogP contribution is 2.22. The first-order chi connectivity index (χ1) is 12.1. The van der Waals surface area contributed by atoms with Crippen molar-refractivity contribution in [1.29, 1.82) is 0 Å². The number of hydrogen-bond donors (Lipinski definition) is 1. The number of carbonyl (C=O) groups is 1. The zero-order valence-corrected chi connectivity index (χ0v) is 15.6. The number of nitrogens with one attached hydrogen (secondary N) is 1. The van der Waals surface area contributed by atoms with E-state index < -0.39 is 0 Å². The molecule has 25 heavy (non-hydrogen) atoms. The topological polar surface area (TPSA) is 32.3 Å². The Morgan fingerprint density at radius 1 is 1.08 bits per heavy atom. The molecule has 1 fully saturated rings. The largest absolute Gasteiger partial charge is 0.352 e. The lowest BCUT2D eigenvalue weighted by atomic mass is 9.95. The van der Waals surface area contributed by atoms with Gasteiger partial charge in [-0.2, -0.15) is 0 Å². The summed E-state index contributed by atoms with van der Waals surface area (Å²) in [4.78, 5) is 14.8. The summed E-state index contributed by atoms with van der Waals surface area (Å²) in [5.74, 6) is 0.198. The first kappa shape index (κ1) is 18.2. The minimum Gasteiger partial charge on any atom is -0.352 e. The van der Waals surface area contributed by atoms with Gasteiger partial charge in [0.15, 0.2) is 0 Å². The van der Waals surface area contributed by atoms with Gasteiger partial charge >= 0.3 is 0 Å². The van der Waals surface area contributed by atoms with Crippen LogP contribution in [0, 0.1) is 5.92 Å². The fraction of sp³-hybridized carbons (Fsp3) is 0.350. The van der Waals surface area contributed by atoms with Gasteiger partial charge in [-0.3, -0.25) is 9.69 Å². The molecule has 132 valence electrons. The summed E-state index contributed by atoms with van der Waals surface area (Å²) in [7, 11) is 0. The molecule has 2 aromatic rings. The Hall–Kier alpha value is -1.55. The van der Waals surface area contributed by atoms with Gasteiger partial charge in [0.25, 0.3) is 0 Å². The first-order valence-electron chi connectivity index (χ1n) is 8.60. The predicted octanol–water partition coefficient (Wildman–Crippen LogP) is 4.52. The number of hydrogen-bond acceptors (Lipinski definition) is 2. The molecule has 0 saturated carbocycles. The normalized spacial score (nSPS) is 15.9. The molecule has 3 nitrogen and oxygen atoms in total. The highest BCUT2D eigenvalue weighted by Gasteiger charge is 2.24. The smallest absolute Gasteiger partial charge is 0.223 e. The minimum absolute atomic E-state index is 0.0816. The van der Waals surface area contributed by atoms with Crippen LogP contribution in [0.15, 0.2) is 48.5 Å². The SMILES string of the molecule is O=C(NCc1ccc(Cl)cc1Cl)C1CCN(Cc2ccccc2)CC1. The van der Waals surface area contributed by atoms with Gasteiger partial charge in [0.05, 0.1) is 0 Å². The van der Waals surface area contributed by atoms with Crippen LogP contribution < -0.4 is 5.32 Å². The molecular weight excluding hydrogens is 355 g/mol. The van der Waals surface area contributed by atoms with E-state index in [-0.39, 0.29) is 11.8 Å². The molecule has 3 rings (SSSR count). The lowest BCUT2D eigenvalue weighted by Crippen LogP contribution is -2.40. The third kappa shape index (κ3) is 5.21. The van der Waals surface area contributed by atoms with Crippen LogP contribution >= 0.6 is 23.2 Å². The van der Waals surface area contributed by atoms with Gasteiger partial charge in [0.2, 0.25) is 5.91 Å². The standard InChI is InChI=1S/C20H22Cl2N2O/c21-18-7-6-17(19(22)12-18)13-23-20(25)16-8-10-24(11-9-16)14-15-4-2-1-3-5-15/h1-7,12,16H,8-11,13-14H2,(H,23,25). The molecule has 0 bridgehead atoms. The lowest BCUT2D eigenvalue weighted by Gasteiger charge is -2.31. The molecule has 0 aliphatic carbocycles. The molecule has 2 aromatic carbocycles. The average Bonchev–Trinajstić information content (AvgIpc) is 2.62. The quantitative estimate of drug-likeness (QED) is 0.831. The van der Waals surface area contributed by atoms with Gasteiger partial charge in [-0.25, -0.2) is 0 Å². The minimum atomic E-state index is 0.0816. The van der Waals surface area contributed by atoms with Gasteiger partial charge in [-0.05, 0) is 49.2 Å². The summed E-state index contributed by atoms with van der Waals surface area (Å²) in [6, 6.07) is 15.8. The van der Waals surface area contributed by atoms with Crippen LogP contribution in [0.5, 0.6) is 0 Å². The molecule has 1 aliphatic heterocycles. The van der Waals surface area contributed by atoms with E-state index in [2.05, 4.69) is 34.5 Å². The van der Waals surface area contributed by atoms with Crippen molar-refractivity contribution in [3.63, 3.8) is 0 Å². The van der Waals surface area contributed by atoms with Gasteiger partial charge in [-0.15, -0.1) is 0 Å². The summed E-state index contributed by atoms with van der Waals surface area (Å²) in [5, 5.41) is 4.20. The number of rotatable bonds is 5. The second-order valence-corrected chi connectivity index (χ2v) is 7.33. The van der Waals surface area contributed by atoms with Gasteiger partial charge in [0.1, 0.15) is 0 Å².